The number of nitrogens with one attached hydrogen (secondary N) is 2. The average Bonchev–Trinajstić information content (AvgIpc) is 3.51. The van der Waals surface area contributed by atoms with Crippen LogP contribution in [0.25, 0.3) is 0 Å². The quantitative estimate of drug-likeness (QED) is 0.666. The van der Waals surface area contributed by atoms with Gasteiger partial charge in [-0.2, -0.15) is 0 Å². The number of ether oxygens (including phenoxy) is 1. The monoisotopic (exact) mass is 380 g/mol. The van der Waals surface area contributed by atoms with Gasteiger partial charge in [-0.15, -0.1) is 0 Å². The predicted octanol–water partition coefficient (Wildman–Crippen LogP) is 2.94. The van der Waals surface area contributed by atoms with Crippen LogP contribution in [-0.4, -0.2) is 31.0 Å². The van der Waals surface area contributed by atoms with E-state index in [-0.39, 0.29) is 18.4 Å². The Morgan fingerprint density at radius 1 is 0.929 bits per heavy atom. The van der Waals surface area contributed by atoms with Crippen molar-refractivity contribution >= 4 is 11.8 Å². The number of hydrogen-bond donors (Lipinski definition) is 2. The van der Waals surface area contributed by atoms with Crippen molar-refractivity contribution in [2.24, 2.45) is 0 Å². The molecule has 1 aliphatic carbocycles. The van der Waals surface area contributed by atoms with E-state index in [0.717, 1.165) is 31.2 Å². The lowest BCUT2D eigenvalue weighted by Crippen LogP contribution is -2.30. The molecule has 5 nitrogen and oxygen atoms in total. The minimum absolute atomic E-state index is 0.0485. The van der Waals surface area contributed by atoms with Crippen molar-refractivity contribution in [2.45, 2.75) is 45.1 Å². The molecule has 0 saturated heterocycles. The highest BCUT2D eigenvalue weighted by Gasteiger charge is 2.23. The molecule has 2 N–H and O–H groups in total. The maximum atomic E-state index is 12.0. The second kappa shape index (κ2) is 9.93. The first kappa shape index (κ1) is 19.9. The zero-order chi connectivity index (χ0) is 19.8. The van der Waals surface area contributed by atoms with Gasteiger partial charge < -0.3 is 15.4 Å². The molecule has 2 aromatic rings. The summed E-state index contributed by atoms with van der Waals surface area (Å²) in [5.74, 6) is 0.680. The third kappa shape index (κ3) is 7.06. The summed E-state index contributed by atoms with van der Waals surface area (Å²) in [7, 11) is 0. The van der Waals surface area contributed by atoms with Crippen LogP contribution in [0.3, 0.4) is 0 Å². The molecule has 0 unspecified atom stereocenters. The summed E-state index contributed by atoms with van der Waals surface area (Å²) in [6.07, 6.45) is 4.16. The third-order valence-electron chi connectivity index (χ3n) is 4.73. The number of benzene rings is 2. The molecule has 0 atom stereocenters. The Labute approximate surface area is 166 Å². The van der Waals surface area contributed by atoms with Gasteiger partial charge in [0.2, 0.25) is 5.91 Å². The lowest BCUT2D eigenvalue weighted by Gasteiger charge is -2.08. The lowest BCUT2D eigenvalue weighted by atomic mass is 10.1. The van der Waals surface area contributed by atoms with E-state index in [1.807, 2.05) is 24.3 Å². The Balaban J connectivity index is 1.31. The summed E-state index contributed by atoms with van der Waals surface area (Å²) in [4.78, 5) is 23.6. The fraction of sp³-hybridized carbons (Fsp3) is 0.391. The van der Waals surface area contributed by atoms with Crippen molar-refractivity contribution in [3.63, 3.8) is 0 Å². The molecule has 2 aromatic carbocycles. The van der Waals surface area contributed by atoms with Gasteiger partial charge in [0.25, 0.3) is 5.91 Å². The Morgan fingerprint density at radius 3 is 2.25 bits per heavy atom. The summed E-state index contributed by atoms with van der Waals surface area (Å²) in [5.41, 5.74) is 3.53. The number of hydrogen-bond acceptors (Lipinski definition) is 3. The van der Waals surface area contributed by atoms with Gasteiger partial charge in [-0.1, -0.05) is 42.0 Å². The van der Waals surface area contributed by atoms with Crippen LogP contribution in [0.1, 0.15) is 36.0 Å². The molecule has 28 heavy (non-hydrogen) atoms. The number of rotatable bonds is 10. The van der Waals surface area contributed by atoms with Crippen molar-refractivity contribution < 1.29 is 14.3 Å². The van der Waals surface area contributed by atoms with Gasteiger partial charge in [-0.05, 0) is 55.9 Å². The van der Waals surface area contributed by atoms with Crippen molar-refractivity contribution in [1.29, 1.82) is 0 Å². The minimum atomic E-state index is -0.0695. The zero-order valence-electron chi connectivity index (χ0n) is 16.4. The Morgan fingerprint density at radius 2 is 1.57 bits per heavy atom. The fourth-order valence-electron chi connectivity index (χ4n) is 2.85. The summed E-state index contributed by atoms with van der Waals surface area (Å²) < 4.78 is 5.49. The fourth-order valence-corrected chi connectivity index (χ4v) is 2.85. The third-order valence-corrected chi connectivity index (χ3v) is 4.73. The highest BCUT2D eigenvalue weighted by atomic mass is 16.5. The second-order valence-corrected chi connectivity index (χ2v) is 7.36. The smallest absolute Gasteiger partial charge is 0.258 e. The van der Waals surface area contributed by atoms with E-state index in [1.165, 1.54) is 11.1 Å². The van der Waals surface area contributed by atoms with Gasteiger partial charge in [0.05, 0.1) is 0 Å². The van der Waals surface area contributed by atoms with Crippen LogP contribution in [-0.2, 0) is 22.4 Å². The molecule has 0 heterocycles. The van der Waals surface area contributed by atoms with E-state index in [4.69, 9.17) is 4.74 Å². The van der Waals surface area contributed by atoms with Crippen molar-refractivity contribution in [2.75, 3.05) is 13.2 Å². The first-order valence-corrected chi connectivity index (χ1v) is 9.92. The van der Waals surface area contributed by atoms with E-state index in [1.54, 1.807) is 0 Å². The summed E-state index contributed by atoms with van der Waals surface area (Å²) in [5, 5.41) is 5.86. The zero-order valence-corrected chi connectivity index (χ0v) is 16.4. The van der Waals surface area contributed by atoms with Crippen LogP contribution in [0.2, 0.25) is 0 Å². The van der Waals surface area contributed by atoms with Crippen LogP contribution >= 0.6 is 0 Å². The van der Waals surface area contributed by atoms with Crippen LogP contribution in [0.4, 0.5) is 0 Å². The second-order valence-electron chi connectivity index (χ2n) is 7.36. The van der Waals surface area contributed by atoms with Crippen molar-refractivity contribution in [3.05, 3.63) is 65.2 Å². The molecule has 5 heteroatoms. The molecule has 0 radical (unpaired) electrons. The van der Waals surface area contributed by atoms with E-state index in [9.17, 15) is 9.59 Å². The molecule has 1 saturated carbocycles. The molecule has 3 rings (SSSR count). The molecular formula is C23H28N2O3. The average molecular weight is 380 g/mol. The molecule has 0 aliphatic heterocycles. The predicted molar refractivity (Wildman–Crippen MR) is 109 cm³/mol. The first-order valence-electron chi connectivity index (χ1n) is 9.92. The highest BCUT2D eigenvalue weighted by molar-refractivity contribution is 5.78. The molecule has 0 bridgehead atoms. The van der Waals surface area contributed by atoms with Crippen molar-refractivity contribution in [1.82, 2.24) is 10.6 Å². The standard InChI is InChI=1S/C23H28N2O3/c1-17-2-4-18(5-3-17)8-13-22(26)24-15-14-19-6-11-21(12-7-19)28-16-23(27)25-20-9-10-20/h2-7,11-12,20H,8-10,13-16H2,1H3,(H,24,26)(H,25,27). The molecule has 0 aromatic heterocycles. The molecule has 1 aliphatic rings. The van der Waals surface area contributed by atoms with Crippen molar-refractivity contribution in [3.8, 4) is 5.75 Å². The number of amides is 2. The van der Waals surface area contributed by atoms with E-state index >= 15 is 0 Å². The maximum absolute atomic E-state index is 12.0. The number of aryl methyl sites for hydroxylation is 2. The Hall–Kier alpha value is -2.82. The SMILES string of the molecule is Cc1ccc(CCC(=O)NCCc2ccc(OCC(=O)NC3CC3)cc2)cc1. The van der Waals surface area contributed by atoms with Gasteiger partial charge in [-0.3, -0.25) is 9.59 Å². The first-order chi connectivity index (χ1) is 13.6. The summed E-state index contributed by atoms with van der Waals surface area (Å²) >= 11 is 0. The molecular weight excluding hydrogens is 352 g/mol. The van der Waals surface area contributed by atoms with E-state index in [0.29, 0.717) is 24.8 Å². The van der Waals surface area contributed by atoms with E-state index in [2.05, 4.69) is 41.8 Å². The van der Waals surface area contributed by atoms with Crippen LogP contribution < -0.4 is 15.4 Å². The lowest BCUT2D eigenvalue weighted by molar-refractivity contribution is -0.123. The Kier molecular flexibility index (Phi) is 7.06. The van der Waals surface area contributed by atoms with E-state index < -0.39 is 0 Å². The van der Waals surface area contributed by atoms with Gasteiger partial charge in [-0.25, -0.2) is 0 Å². The summed E-state index contributed by atoms with van der Waals surface area (Å²) in [6, 6.07) is 16.3. The normalized spacial score (nSPS) is 13.0. The van der Waals surface area contributed by atoms with Gasteiger partial charge >= 0.3 is 0 Å². The molecule has 1 fully saturated rings. The van der Waals surface area contributed by atoms with Gasteiger partial charge in [0, 0.05) is 19.0 Å². The minimum Gasteiger partial charge on any atom is -0.484 e. The number of carbonyl (C=O) groups excluding carboxylic acids is 2. The topological polar surface area (TPSA) is 67.4 Å². The highest BCUT2D eigenvalue weighted by Crippen LogP contribution is 2.18. The van der Waals surface area contributed by atoms with Crippen LogP contribution in [0.5, 0.6) is 5.75 Å². The molecule has 2 amide bonds. The van der Waals surface area contributed by atoms with Gasteiger partial charge in [0.1, 0.15) is 5.75 Å². The Bertz CT molecular complexity index is 780. The maximum Gasteiger partial charge on any atom is 0.258 e. The van der Waals surface area contributed by atoms with Gasteiger partial charge in [0.15, 0.2) is 6.61 Å². The number of carbonyl (C=O) groups is 2. The van der Waals surface area contributed by atoms with Crippen LogP contribution in [0, 0.1) is 6.92 Å². The summed E-state index contributed by atoms with van der Waals surface area (Å²) in [6.45, 7) is 2.71. The van der Waals surface area contributed by atoms with Crippen LogP contribution in [0.15, 0.2) is 48.5 Å². The molecule has 148 valence electrons. The largest absolute Gasteiger partial charge is 0.484 e. The molecule has 0 spiro atoms.